The second kappa shape index (κ2) is 7.94. The summed E-state index contributed by atoms with van der Waals surface area (Å²) >= 11 is -1.14. The number of carbonyl (C=O) groups is 2. The molecule has 0 spiro atoms. The second-order valence-corrected chi connectivity index (χ2v) is 9.31. The maximum Gasteiger partial charge on any atom is 0.256 e. The van der Waals surface area contributed by atoms with Gasteiger partial charge in [0.2, 0.25) is 0 Å². The highest BCUT2D eigenvalue weighted by Gasteiger charge is 2.28. The van der Waals surface area contributed by atoms with Gasteiger partial charge in [-0.1, -0.05) is 0 Å². The summed E-state index contributed by atoms with van der Waals surface area (Å²) < 4.78 is 11.9. The van der Waals surface area contributed by atoms with E-state index >= 15 is 0 Å². The number of aromatic nitrogens is 1. The number of hydrogen-bond acceptors (Lipinski definition) is 4. The monoisotopic (exact) mass is 426 g/mol. The first-order chi connectivity index (χ1) is 14.3. The maximum atomic E-state index is 13.1. The van der Waals surface area contributed by atoms with Crippen molar-refractivity contribution in [3.63, 3.8) is 0 Å². The van der Waals surface area contributed by atoms with E-state index in [0.29, 0.717) is 34.8 Å². The number of nitrogens with one attached hydrogen (secondary N) is 2. The van der Waals surface area contributed by atoms with E-state index in [2.05, 4.69) is 22.2 Å². The van der Waals surface area contributed by atoms with E-state index in [1.807, 2.05) is 18.7 Å². The zero-order valence-corrected chi connectivity index (χ0v) is 18.5. The Kier molecular flexibility index (Phi) is 5.48. The first kappa shape index (κ1) is 20.7. The SMILES string of the molecule is Cc1[nH]c(/C=C2\C(=O)Nc3ccc([S+](C)[O-])cc32)c(C)c1C(=O)N1CCN(C)CC1. The summed E-state index contributed by atoms with van der Waals surface area (Å²) in [6.45, 7) is 6.95. The first-order valence-electron chi connectivity index (χ1n) is 9.94. The van der Waals surface area contributed by atoms with Gasteiger partial charge < -0.3 is 24.7 Å². The summed E-state index contributed by atoms with van der Waals surface area (Å²) in [6, 6.07) is 5.32. The molecule has 2 N–H and O–H groups in total. The third-order valence-electron chi connectivity index (χ3n) is 5.88. The van der Waals surface area contributed by atoms with Crippen molar-refractivity contribution in [1.82, 2.24) is 14.8 Å². The molecule has 4 rings (SSSR count). The Labute approximate surface area is 179 Å². The molecule has 1 saturated heterocycles. The Bertz CT molecular complexity index is 1050. The van der Waals surface area contributed by atoms with E-state index in [-0.39, 0.29) is 11.8 Å². The number of carbonyl (C=O) groups excluding carboxylic acids is 2. The second-order valence-electron chi connectivity index (χ2n) is 7.93. The van der Waals surface area contributed by atoms with Crippen molar-refractivity contribution in [2.24, 2.45) is 0 Å². The van der Waals surface area contributed by atoms with Crippen molar-refractivity contribution in [3.05, 3.63) is 46.3 Å². The Morgan fingerprint density at radius 3 is 2.57 bits per heavy atom. The third kappa shape index (κ3) is 3.66. The zero-order chi connectivity index (χ0) is 21.6. The van der Waals surface area contributed by atoms with Gasteiger partial charge >= 0.3 is 0 Å². The Hall–Kier alpha value is -2.55. The van der Waals surface area contributed by atoms with Crippen molar-refractivity contribution in [3.8, 4) is 0 Å². The molecule has 30 heavy (non-hydrogen) atoms. The number of H-pyrrole nitrogens is 1. The molecule has 2 amide bonds. The normalized spacial score (nSPS) is 19.2. The number of amides is 2. The van der Waals surface area contributed by atoms with Gasteiger partial charge in [0.1, 0.15) is 6.26 Å². The van der Waals surface area contributed by atoms with Crippen LogP contribution in [0.5, 0.6) is 0 Å². The molecule has 1 aromatic heterocycles. The van der Waals surface area contributed by atoms with Crippen molar-refractivity contribution < 1.29 is 14.1 Å². The van der Waals surface area contributed by atoms with Crippen LogP contribution in [-0.2, 0) is 16.0 Å². The fourth-order valence-electron chi connectivity index (χ4n) is 4.04. The first-order valence-corrected chi connectivity index (χ1v) is 11.5. The molecule has 158 valence electrons. The van der Waals surface area contributed by atoms with Crippen LogP contribution in [0.3, 0.4) is 0 Å². The van der Waals surface area contributed by atoms with Crippen molar-refractivity contribution in [2.45, 2.75) is 18.7 Å². The molecule has 1 atom stereocenters. The minimum atomic E-state index is -1.14. The van der Waals surface area contributed by atoms with Crippen LogP contribution in [-0.4, -0.2) is 70.6 Å². The lowest BCUT2D eigenvalue weighted by Gasteiger charge is -2.32. The van der Waals surface area contributed by atoms with Crippen molar-refractivity contribution in [1.29, 1.82) is 0 Å². The van der Waals surface area contributed by atoms with Gasteiger partial charge in [0.05, 0.1) is 11.1 Å². The molecule has 0 saturated carbocycles. The van der Waals surface area contributed by atoms with Crippen LogP contribution in [0, 0.1) is 13.8 Å². The molecule has 2 aliphatic rings. The molecule has 7 nitrogen and oxygen atoms in total. The number of hydrogen-bond donors (Lipinski definition) is 2. The summed E-state index contributed by atoms with van der Waals surface area (Å²) in [5, 5.41) is 2.85. The number of rotatable bonds is 3. The summed E-state index contributed by atoms with van der Waals surface area (Å²) in [5.41, 5.74) is 4.98. The highest BCUT2D eigenvalue weighted by Crippen LogP contribution is 2.35. The van der Waals surface area contributed by atoms with Gasteiger partial charge in [0.15, 0.2) is 4.90 Å². The lowest BCUT2D eigenvalue weighted by atomic mass is 10.0. The van der Waals surface area contributed by atoms with E-state index in [1.165, 1.54) is 0 Å². The Morgan fingerprint density at radius 2 is 1.90 bits per heavy atom. The Morgan fingerprint density at radius 1 is 1.20 bits per heavy atom. The molecule has 0 bridgehead atoms. The van der Waals surface area contributed by atoms with Gasteiger partial charge in [-0.2, -0.15) is 0 Å². The van der Waals surface area contributed by atoms with Crippen molar-refractivity contribution in [2.75, 3.05) is 44.8 Å². The van der Waals surface area contributed by atoms with E-state index < -0.39 is 11.2 Å². The molecule has 3 heterocycles. The lowest BCUT2D eigenvalue weighted by Crippen LogP contribution is -2.47. The number of piperazine rings is 1. The summed E-state index contributed by atoms with van der Waals surface area (Å²) in [5.74, 6) is -0.179. The van der Waals surface area contributed by atoms with E-state index in [1.54, 1.807) is 30.5 Å². The van der Waals surface area contributed by atoms with Crippen LogP contribution in [0.4, 0.5) is 5.69 Å². The van der Waals surface area contributed by atoms with Gasteiger partial charge in [-0.3, -0.25) is 9.59 Å². The number of anilines is 1. The molecule has 0 radical (unpaired) electrons. The molecule has 1 fully saturated rings. The topological polar surface area (TPSA) is 91.5 Å². The number of nitrogens with zero attached hydrogens (tertiary/aromatic N) is 2. The van der Waals surface area contributed by atoms with E-state index in [9.17, 15) is 14.1 Å². The molecule has 2 aliphatic heterocycles. The van der Waals surface area contributed by atoms with Crippen LogP contribution in [0.25, 0.3) is 11.6 Å². The highest BCUT2D eigenvalue weighted by molar-refractivity contribution is 7.90. The van der Waals surface area contributed by atoms with Gasteiger partial charge in [-0.15, -0.1) is 0 Å². The largest absolute Gasteiger partial charge is 0.612 e. The molecule has 2 aromatic rings. The number of likely N-dealkylation sites (N-methyl/N-ethyl adjacent to an activating group) is 1. The van der Waals surface area contributed by atoms with E-state index in [4.69, 9.17) is 0 Å². The predicted molar refractivity (Wildman–Crippen MR) is 119 cm³/mol. The molecule has 1 aromatic carbocycles. The fourth-order valence-corrected chi connectivity index (χ4v) is 4.58. The van der Waals surface area contributed by atoms with Crippen molar-refractivity contribution >= 4 is 40.3 Å². The fraction of sp³-hybridized carbons (Fsp3) is 0.364. The maximum absolute atomic E-state index is 13.1. The van der Waals surface area contributed by atoms with Gasteiger partial charge in [-0.05, 0) is 55.8 Å². The quantitative estimate of drug-likeness (QED) is 0.582. The number of aryl methyl sites for hydroxylation is 1. The smallest absolute Gasteiger partial charge is 0.256 e. The van der Waals surface area contributed by atoms with E-state index in [0.717, 1.165) is 35.6 Å². The van der Waals surface area contributed by atoms with Gasteiger partial charge in [0, 0.05) is 54.9 Å². The summed E-state index contributed by atoms with van der Waals surface area (Å²) in [7, 11) is 2.06. The average Bonchev–Trinajstić information content (AvgIpc) is 3.17. The van der Waals surface area contributed by atoms with Crippen LogP contribution in [0.2, 0.25) is 0 Å². The standard InChI is InChI=1S/C22H26N4O3S/c1-13-19(23-14(2)20(13)22(28)26-9-7-25(3)8-10-26)12-17-16-11-15(30(4)29)5-6-18(16)24-21(17)27/h5-6,11-12,23H,7-10H2,1-4H3,(H,24,27)/b17-12-. The molecule has 1 unspecified atom stereocenters. The van der Waals surface area contributed by atoms with Crippen LogP contribution in [0.15, 0.2) is 23.1 Å². The number of aromatic amines is 1. The van der Waals surface area contributed by atoms with Gasteiger partial charge in [-0.25, -0.2) is 0 Å². The Balaban J connectivity index is 1.69. The zero-order valence-electron chi connectivity index (χ0n) is 17.7. The molecule has 8 heteroatoms. The summed E-state index contributed by atoms with van der Waals surface area (Å²) in [4.78, 5) is 33.8. The predicted octanol–water partition coefficient (Wildman–Crippen LogP) is 2.25. The molecule has 0 aliphatic carbocycles. The lowest BCUT2D eigenvalue weighted by molar-refractivity contribution is -0.110. The number of fused-ring (bicyclic) bond motifs is 1. The minimum absolute atomic E-state index is 0.0268. The van der Waals surface area contributed by atoms with Crippen LogP contribution < -0.4 is 5.32 Å². The third-order valence-corrected chi connectivity index (χ3v) is 6.79. The highest BCUT2D eigenvalue weighted by atomic mass is 32.2. The van der Waals surface area contributed by atoms with Gasteiger partial charge in [0.25, 0.3) is 11.8 Å². The van der Waals surface area contributed by atoms with Crippen LogP contribution in [0.1, 0.15) is 32.9 Å². The molecular formula is C22H26N4O3S. The average molecular weight is 427 g/mol. The van der Waals surface area contributed by atoms with Crippen LogP contribution >= 0.6 is 0 Å². The minimum Gasteiger partial charge on any atom is -0.612 e. The molecular weight excluding hydrogens is 400 g/mol. The summed E-state index contributed by atoms with van der Waals surface area (Å²) in [6.07, 6.45) is 3.40. The number of benzene rings is 1.